The standard InChI is InChI=1S/C15H12Br2Cl2O2/c1-20-13-7-11(17)14(21-2)6-9(13)15(19)8-3-4-10(16)12(18)5-8/h3-7,15H,1-2H3. The van der Waals surface area contributed by atoms with Gasteiger partial charge in [0.15, 0.2) is 0 Å². The van der Waals surface area contributed by atoms with Gasteiger partial charge in [0.1, 0.15) is 11.5 Å². The minimum Gasteiger partial charge on any atom is -0.496 e. The van der Waals surface area contributed by atoms with Gasteiger partial charge in [0.2, 0.25) is 0 Å². The molecule has 21 heavy (non-hydrogen) atoms. The summed E-state index contributed by atoms with van der Waals surface area (Å²) >= 11 is 19.5. The first-order valence-corrected chi connectivity index (χ1v) is 8.38. The van der Waals surface area contributed by atoms with Crippen LogP contribution in [0.1, 0.15) is 16.5 Å². The van der Waals surface area contributed by atoms with Gasteiger partial charge in [-0.1, -0.05) is 17.7 Å². The Morgan fingerprint density at radius 1 is 0.952 bits per heavy atom. The van der Waals surface area contributed by atoms with Gasteiger partial charge in [0.25, 0.3) is 0 Å². The molecule has 0 spiro atoms. The molecule has 0 saturated carbocycles. The van der Waals surface area contributed by atoms with Crippen LogP contribution < -0.4 is 9.47 Å². The summed E-state index contributed by atoms with van der Waals surface area (Å²) in [5.74, 6) is 1.38. The summed E-state index contributed by atoms with van der Waals surface area (Å²) in [5, 5.41) is 0.216. The Labute approximate surface area is 150 Å². The maximum Gasteiger partial charge on any atom is 0.133 e. The molecule has 6 heteroatoms. The summed E-state index contributed by atoms with van der Waals surface area (Å²) < 4.78 is 12.4. The summed E-state index contributed by atoms with van der Waals surface area (Å²) in [4.78, 5) is 0. The highest BCUT2D eigenvalue weighted by molar-refractivity contribution is 9.10. The fourth-order valence-corrected chi connectivity index (χ4v) is 3.16. The Morgan fingerprint density at radius 2 is 1.62 bits per heavy atom. The van der Waals surface area contributed by atoms with Crippen molar-refractivity contribution >= 4 is 55.1 Å². The first-order chi connectivity index (χ1) is 9.97. The molecular formula is C15H12Br2Cl2O2. The largest absolute Gasteiger partial charge is 0.496 e. The van der Waals surface area contributed by atoms with Crippen molar-refractivity contribution in [3.8, 4) is 11.5 Å². The Hall–Kier alpha value is -0.420. The summed E-state index contributed by atoms with van der Waals surface area (Å²) in [6.07, 6.45) is 0. The zero-order valence-corrected chi connectivity index (χ0v) is 16.0. The average molecular weight is 455 g/mol. The lowest BCUT2D eigenvalue weighted by atomic mass is 10.0. The smallest absolute Gasteiger partial charge is 0.133 e. The highest BCUT2D eigenvalue weighted by Crippen LogP contribution is 2.41. The van der Waals surface area contributed by atoms with Crippen molar-refractivity contribution in [2.75, 3.05) is 14.2 Å². The van der Waals surface area contributed by atoms with Crippen LogP contribution >= 0.6 is 55.1 Å². The van der Waals surface area contributed by atoms with E-state index in [1.807, 2.05) is 30.3 Å². The van der Waals surface area contributed by atoms with Crippen molar-refractivity contribution in [1.29, 1.82) is 0 Å². The van der Waals surface area contributed by atoms with Gasteiger partial charge in [-0.05, 0) is 61.7 Å². The van der Waals surface area contributed by atoms with Crippen LogP contribution in [-0.4, -0.2) is 14.2 Å². The lowest BCUT2D eigenvalue weighted by molar-refractivity contribution is 0.397. The van der Waals surface area contributed by atoms with Crippen molar-refractivity contribution in [1.82, 2.24) is 0 Å². The van der Waals surface area contributed by atoms with E-state index in [0.717, 1.165) is 20.1 Å². The maximum absolute atomic E-state index is 6.60. The van der Waals surface area contributed by atoms with E-state index in [-0.39, 0.29) is 0 Å². The first kappa shape index (κ1) is 16.9. The second-order valence-electron chi connectivity index (χ2n) is 4.26. The maximum atomic E-state index is 6.60. The van der Waals surface area contributed by atoms with E-state index in [2.05, 4.69) is 31.9 Å². The second kappa shape index (κ2) is 7.23. The molecule has 2 aromatic rings. The SMILES string of the molecule is COc1cc(C(Cl)c2ccc(Br)c(Cl)c2)c(OC)cc1Br. The molecular weight excluding hydrogens is 443 g/mol. The average Bonchev–Trinajstić information content (AvgIpc) is 2.49. The summed E-state index contributed by atoms with van der Waals surface area (Å²) in [7, 11) is 3.21. The molecule has 0 heterocycles. The highest BCUT2D eigenvalue weighted by atomic mass is 79.9. The van der Waals surface area contributed by atoms with Crippen LogP contribution in [0.15, 0.2) is 39.3 Å². The van der Waals surface area contributed by atoms with Crippen LogP contribution in [0.2, 0.25) is 5.02 Å². The quantitative estimate of drug-likeness (QED) is 0.511. The molecule has 0 bridgehead atoms. The van der Waals surface area contributed by atoms with Gasteiger partial charge in [0, 0.05) is 10.0 Å². The predicted molar refractivity (Wildman–Crippen MR) is 94.1 cm³/mol. The second-order valence-corrected chi connectivity index (χ2v) is 6.82. The first-order valence-electron chi connectivity index (χ1n) is 5.98. The molecule has 2 nitrogen and oxygen atoms in total. The van der Waals surface area contributed by atoms with Crippen molar-refractivity contribution in [3.05, 3.63) is 55.4 Å². The third kappa shape index (κ3) is 3.67. The van der Waals surface area contributed by atoms with Crippen LogP contribution in [-0.2, 0) is 0 Å². The Morgan fingerprint density at radius 3 is 2.19 bits per heavy atom. The monoisotopic (exact) mass is 452 g/mol. The van der Waals surface area contributed by atoms with Gasteiger partial charge in [-0.3, -0.25) is 0 Å². The normalized spacial score (nSPS) is 12.1. The van der Waals surface area contributed by atoms with E-state index in [0.29, 0.717) is 16.5 Å². The van der Waals surface area contributed by atoms with E-state index < -0.39 is 5.38 Å². The van der Waals surface area contributed by atoms with Gasteiger partial charge in [-0.2, -0.15) is 0 Å². The highest BCUT2D eigenvalue weighted by Gasteiger charge is 2.19. The predicted octanol–water partition coefficient (Wildman–Crippen LogP) is 6.21. The molecule has 0 radical (unpaired) electrons. The zero-order valence-electron chi connectivity index (χ0n) is 11.3. The Bertz CT molecular complexity index is 662. The molecule has 0 aliphatic carbocycles. The van der Waals surface area contributed by atoms with Gasteiger partial charge < -0.3 is 9.47 Å². The Balaban J connectivity index is 2.50. The van der Waals surface area contributed by atoms with Crippen molar-refractivity contribution in [2.24, 2.45) is 0 Å². The topological polar surface area (TPSA) is 18.5 Å². The van der Waals surface area contributed by atoms with E-state index in [1.54, 1.807) is 14.2 Å². The molecule has 1 atom stereocenters. The molecule has 2 rings (SSSR count). The zero-order chi connectivity index (χ0) is 15.6. The van der Waals surface area contributed by atoms with Crippen LogP contribution in [0.3, 0.4) is 0 Å². The van der Waals surface area contributed by atoms with Gasteiger partial charge >= 0.3 is 0 Å². The molecule has 0 aromatic heterocycles. The Kier molecular flexibility index (Phi) is 5.83. The number of ether oxygens (including phenoxy) is 2. The third-order valence-corrected chi connectivity index (χ3v) is 5.35. The summed E-state index contributed by atoms with van der Waals surface area (Å²) in [5.41, 5.74) is 1.70. The van der Waals surface area contributed by atoms with Gasteiger partial charge in [-0.15, -0.1) is 11.6 Å². The fraction of sp³-hybridized carbons (Fsp3) is 0.200. The van der Waals surface area contributed by atoms with Gasteiger partial charge in [0.05, 0.1) is 29.1 Å². The number of rotatable bonds is 4. The summed E-state index contributed by atoms with van der Waals surface area (Å²) in [6.45, 7) is 0. The molecule has 0 aliphatic rings. The number of benzene rings is 2. The van der Waals surface area contributed by atoms with E-state index >= 15 is 0 Å². The van der Waals surface area contributed by atoms with E-state index in [9.17, 15) is 0 Å². The van der Waals surface area contributed by atoms with Crippen LogP contribution in [0, 0.1) is 0 Å². The molecule has 2 aromatic carbocycles. The molecule has 0 saturated heterocycles. The molecule has 1 unspecified atom stereocenters. The molecule has 0 fully saturated rings. The number of hydrogen-bond acceptors (Lipinski definition) is 2. The minimum absolute atomic E-state index is 0.396. The molecule has 0 N–H and O–H groups in total. The van der Waals surface area contributed by atoms with Crippen molar-refractivity contribution < 1.29 is 9.47 Å². The lowest BCUT2D eigenvalue weighted by Gasteiger charge is -2.17. The van der Waals surface area contributed by atoms with Crippen molar-refractivity contribution in [3.63, 3.8) is 0 Å². The summed E-state index contributed by atoms with van der Waals surface area (Å²) in [6, 6.07) is 9.31. The third-order valence-electron chi connectivity index (χ3n) is 3.01. The van der Waals surface area contributed by atoms with E-state index in [4.69, 9.17) is 32.7 Å². The van der Waals surface area contributed by atoms with Gasteiger partial charge in [-0.25, -0.2) is 0 Å². The number of halogens is 4. The molecule has 0 amide bonds. The lowest BCUT2D eigenvalue weighted by Crippen LogP contribution is -1.99. The van der Waals surface area contributed by atoms with E-state index in [1.165, 1.54) is 0 Å². The number of methoxy groups -OCH3 is 2. The van der Waals surface area contributed by atoms with Crippen LogP contribution in [0.4, 0.5) is 0 Å². The molecule has 0 aliphatic heterocycles. The van der Waals surface area contributed by atoms with Crippen LogP contribution in [0.25, 0.3) is 0 Å². The number of alkyl halides is 1. The molecule has 112 valence electrons. The minimum atomic E-state index is -0.396. The van der Waals surface area contributed by atoms with Crippen molar-refractivity contribution in [2.45, 2.75) is 5.38 Å². The fourth-order valence-electron chi connectivity index (χ4n) is 1.93. The number of hydrogen-bond donors (Lipinski definition) is 0. The van der Waals surface area contributed by atoms with Crippen LogP contribution in [0.5, 0.6) is 11.5 Å².